The molecule has 33 heavy (non-hydrogen) atoms. The molecule has 0 aliphatic carbocycles. The molecule has 0 fully saturated rings. The van der Waals surface area contributed by atoms with Crippen molar-refractivity contribution in [1.82, 2.24) is 5.32 Å². The van der Waals surface area contributed by atoms with Crippen molar-refractivity contribution in [2.24, 2.45) is 0 Å². The Morgan fingerprint density at radius 3 is 2.12 bits per heavy atom. The van der Waals surface area contributed by atoms with Gasteiger partial charge < -0.3 is 20.9 Å². The van der Waals surface area contributed by atoms with E-state index in [-0.39, 0.29) is 11.9 Å². The molecule has 3 amide bonds. The Hall–Kier alpha value is -3.80. The zero-order valence-electron chi connectivity index (χ0n) is 19.7. The van der Waals surface area contributed by atoms with Crippen molar-refractivity contribution in [3.8, 4) is 0 Å². The number of nitrogens with zero attached hydrogens (tertiary/aromatic N) is 1. The number of urea groups is 1. The van der Waals surface area contributed by atoms with Crippen LogP contribution in [0.15, 0.2) is 72.8 Å². The monoisotopic (exact) mass is 444 g/mol. The fourth-order valence-electron chi connectivity index (χ4n) is 3.49. The Morgan fingerprint density at radius 1 is 0.848 bits per heavy atom. The molecular weight excluding hydrogens is 412 g/mol. The molecule has 0 spiro atoms. The van der Waals surface area contributed by atoms with Crippen molar-refractivity contribution < 1.29 is 9.59 Å². The van der Waals surface area contributed by atoms with Gasteiger partial charge in [-0.05, 0) is 53.8 Å². The van der Waals surface area contributed by atoms with Gasteiger partial charge in [0.2, 0.25) is 0 Å². The van der Waals surface area contributed by atoms with E-state index in [1.807, 2.05) is 79.7 Å². The molecule has 3 aromatic carbocycles. The van der Waals surface area contributed by atoms with Gasteiger partial charge in [-0.3, -0.25) is 4.79 Å². The maximum Gasteiger partial charge on any atom is 0.323 e. The highest BCUT2D eigenvalue weighted by molar-refractivity contribution is 6.04. The number of carbonyl (C=O) groups excluding carboxylic acids is 2. The fourth-order valence-corrected chi connectivity index (χ4v) is 3.49. The van der Waals surface area contributed by atoms with E-state index in [0.717, 1.165) is 12.1 Å². The van der Waals surface area contributed by atoms with E-state index in [0.29, 0.717) is 29.4 Å². The molecule has 6 heteroatoms. The molecule has 0 radical (unpaired) electrons. The summed E-state index contributed by atoms with van der Waals surface area (Å²) >= 11 is 0. The van der Waals surface area contributed by atoms with Crippen molar-refractivity contribution in [1.29, 1.82) is 0 Å². The van der Waals surface area contributed by atoms with Crippen LogP contribution in [0.5, 0.6) is 0 Å². The van der Waals surface area contributed by atoms with Crippen LogP contribution in [-0.4, -0.2) is 32.6 Å². The number of hydrogen-bond acceptors (Lipinski definition) is 3. The Kier molecular flexibility index (Phi) is 8.08. The molecule has 0 bridgehead atoms. The summed E-state index contributed by atoms with van der Waals surface area (Å²) in [4.78, 5) is 27.3. The minimum atomic E-state index is -0.361. The average Bonchev–Trinajstić information content (AvgIpc) is 2.79. The summed E-state index contributed by atoms with van der Waals surface area (Å²) in [5, 5.41) is 8.64. The van der Waals surface area contributed by atoms with Crippen LogP contribution in [0.3, 0.4) is 0 Å². The Bertz CT molecular complexity index is 1080. The van der Waals surface area contributed by atoms with Crippen molar-refractivity contribution in [2.75, 3.05) is 36.2 Å². The second-order valence-electron chi connectivity index (χ2n) is 8.47. The van der Waals surface area contributed by atoms with Crippen molar-refractivity contribution in [3.63, 3.8) is 0 Å². The topological polar surface area (TPSA) is 73.5 Å². The summed E-state index contributed by atoms with van der Waals surface area (Å²) in [6.45, 7) is 4.78. The van der Waals surface area contributed by atoms with Crippen LogP contribution in [0.1, 0.15) is 41.3 Å². The molecule has 0 aliphatic heterocycles. The average molecular weight is 445 g/mol. The van der Waals surface area contributed by atoms with E-state index in [9.17, 15) is 9.59 Å². The molecule has 3 N–H and O–H groups in total. The molecule has 6 nitrogen and oxygen atoms in total. The predicted molar refractivity (Wildman–Crippen MR) is 136 cm³/mol. The lowest BCUT2D eigenvalue weighted by Gasteiger charge is -2.19. The van der Waals surface area contributed by atoms with Gasteiger partial charge in [-0.25, -0.2) is 4.79 Å². The maximum absolute atomic E-state index is 12.9. The first kappa shape index (κ1) is 23.9. The van der Waals surface area contributed by atoms with Crippen molar-refractivity contribution in [2.45, 2.75) is 26.2 Å². The van der Waals surface area contributed by atoms with Crippen LogP contribution < -0.4 is 20.9 Å². The van der Waals surface area contributed by atoms with Crippen LogP contribution in [0.2, 0.25) is 0 Å². The smallest absolute Gasteiger partial charge is 0.323 e. The number of amides is 3. The summed E-state index contributed by atoms with van der Waals surface area (Å²) in [6, 6.07) is 22.8. The van der Waals surface area contributed by atoms with Crippen molar-refractivity contribution in [3.05, 3.63) is 89.5 Å². The largest absolute Gasteiger partial charge is 0.377 e. The molecule has 0 aromatic heterocycles. The number of anilines is 3. The number of carbonyl (C=O) groups is 2. The predicted octanol–water partition coefficient (Wildman–Crippen LogP) is 5.49. The van der Waals surface area contributed by atoms with Gasteiger partial charge in [0, 0.05) is 37.7 Å². The maximum atomic E-state index is 12.9. The molecule has 0 atom stereocenters. The van der Waals surface area contributed by atoms with E-state index in [4.69, 9.17) is 0 Å². The van der Waals surface area contributed by atoms with Crippen LogP contribution in [0.4, 0.5) is 21.9 Å². The third kappa shape index (κ3) is 6.84. The molecule has 0 aliphatic rings. The lowest BCUT2D eigenvalue weighted by atomic mass is 10.0. The van der Waals surface area contributed by atoms with E-state index >= 15 is 0 Å². The number of nitrogens with one attached hydrogen (secondary N) is 3. The van der Waals surface area contributed by atoms with E-state index in [1.165, 1.54) is 11.1 Å². The standard InChI is InChI=1S/C27H32N4O2/c1-19(2)21-10-12-22(13-11-21)29-27(33)30-23-14-15-25(31(3)4)24(18-23)26(32)28-17-16-20-8-6-5-7-9-20/h5-15,18-19H,16-17H2,1-4H3,(H,28,32)(H2,29,30,33). The van der Waals surface area contributed by atoms with E-state index in [2.05, 4.69) is 29.8 Å². The summed E-state index contributed by atoms with van der Waals surface area (Å²) in [5.41, 5.74) is 4.92. The molecule has 0 unspecified atom stereocenters. The van der Waals surface area contributed by atoms with Gasteiger partial charge in [0.05, 0.1) is 5.56 Å². The second kappa shape index (κ2) is 11.2. The second-order valence-corrected chi connectivity index (χ2v) is 8.47. The zero-order valence-corrected chi connectivity index (χ0v) is 19.7. The first-order valence-corrected chi connectivity index (χ1v) is 11.1. The van der Waals surface area contributed by atoms with E-state index < -0.39 is 0 Å². The molecule has 3 aromatic rings. The number of hydrogen-bond donors (Lipinski definition) is 3. The molecule has 3 rings (SSSR count). The van der Waals surface area contributed by atoms with Gasteiger partial charge in [0.15, 0.2) is 0 Å². The molecule has 172 valence electrons. The highest BCUT2D eigenvalue weighted by Crippen LogP contribution is 2.23. The first-order chi connectivity index (χ1) is 15.8. The molecule has 0 saturated carbocycles. The number of rotatable bonds is 8. The molecule has 0 heterocycles. The first-order valence-electron chi connectivity index (χ1n) is 11.1. The van der Waals surface area contributed by atoms with E-state index in [1.54, 1.807) is 12.1 Å². The fraction of sp³-hybridized carbons (Fsp3) is 0.259. The van der Waals surface area contributed by atoms with Crippen LogP contribution >= 0.6 is 0 Å². The minimum Gasteiger partial charge on any atom is -0.377 e. The Labute approximate surface area is 196 Å². The van der Waals surface area contributed by atoms with Crippen LogP contribution in [0, 0.1) is 0 Å². The normalized spacial score (nSPS) is 10.6. The van der Waals surface area contributed by atoms with Gasteiger partial charge in [-0.15, -0.1) is 0 Å². The lowest BCUT2D eigenvalue weighted by molar-refractivity contribution is 0.0954. The number of benzene rings is 3. The molecular formula is C27H32N4O2. The SMILES string of the molecule is CC(C)c1ccc(NC(=O)Nc2ccc(N(C)C)c(C(=O)NCCc3ccccc3)c2)cc1. The lowest BCUT2D eigenvalue weighted by Crippen LogP contribution is -2.28. The highest BCUT2D eigenvalue weighted by Gasteiger charge is 2.15. The molecule has 0 saturated heterocycles. The van der Waals surface area contributed by atoms with Gasteiger partial charge in [0.25, 0.3) is 5.91 Å². The van der Waals surface area contributed by atoms with Crippen LogP contribution in [0.25, 0.3) is 0 Å². The summed E-state index contributed by atoms with van der Waals surface area (Å²) < 4.78 is 0. The van der Waals surface area contributed by atoms with Gasteiger partial charge in [-0.2, -0.15) is 0 Å². The van der Waals surface area contributed by atoms with Crippen molar-refractivity contribution >= 4 is 29.0 Å². The third-order valence-corrected chi connectivity index (χ3v) is 5.36. The zero-order chi connectivity index (χ0) is 23.8. The summed E-state index contributed by atoms with van der Waals surface area (Å²) in [6.07, 6.45) is 0.750. The summed E-state index contributed by atoms with van der Waals surface area (Å²) in [7, 11) is 3.77. The third-order valence-electron chi connectivity index (χ3n) is 5.36. The van der Waals surface area contributed by atoms with Gasteiger partial charge >= 0.3 is 6.03 Å². The van der Waals surface area contributed by atoms with Crippen LogP contribution in [-0.2, 0) is 6.42 Å². The summed E-state index contributed by atoms with van der Waals surface area (Å²) in [5.74, 6) is 0.253. The Morgan fingerprint density at radius 2 is 1.48 bits per heavy atom. The Balaban J connectivity index is 1.65. The van der Waals surface area contributed by atoms with Gasteiger partial charge in [0.1, 0.15) is 0 Å². The highest BCUT2D eigenvalue weighted by atomic mass is 16.2. The quantitative estimate of drug-likeness (QED) is 0.430. The van der Waals surface area contributed by atoms with Gasteiger partial charge in [-0.1, -0.05) is 56.3 Å². The minimum absolute atomic E-state index is 0.178.